The summed E-state index contributed by atoms with van der Waals surface area (Å²) in [5.41, 5.74) is 1.77. The molecular weight excluding hydrogens is 450 g/mol. The van der Waals surface area contributed by atoms with Gasteiger partial charge in [-0.05, 0) is 67.9 Å². The van der Waals surface area contributed by atoms with Gasteiger partial charge in [0, 0.05) is 23.7 Å². The first-order valence-corrected chi connectivity index (χ1v) is 12.1. The predicted molar refractivity (Wildman–Crippen MR) is 131 cm³/mol. The molecule has 0 aliphatic carbocycles. The average molecular weight is 478 g/mol. The smallest absolute Gasteiger partial charge is 0.224 e. The summed E-state index contributed by atoms with van der Waals surface area (Å²) in [4.78, 5) is 20.1. The topological polar surface area (TPSA) is 63.7 Å². The molecule has 176 valence electrons. The molecule has 0 radical (unpaired) electrons. The van der Waals surface area contributed by atoms with Crippen LogP contribution in [0.15, 0.2) is 72.9 Å². The van der Waals surface area contributed by atoms with Crippen molar-refractivity contribution in [3.05, 3.63) is 89.2 Å². The molecule has 2 aliphatic rings. The Morgan fingerprint density at radius 1 is 1.03 bits per heavy atom. The van der Waals surface area contributed by atoms with Gasteiger partial charge in [0.1, 0.15) is 12.7 Å². The average Bonchev–Trinajstić information content (AvgIpc) is 2.89. The lowest BCUT2D eigenvalue weighted by atomic mass is 9.94. The summed E-state index contributed by atoms with van der Waals surface area (Å²) in [6.45, 7) is 3.05. The van der Waals surface area contributed by atoms with E-state index in [2.05, 4.69) is 15.2 Å². The largest absolute Gasteiger partial charge is 0.486 e. The number of rotatable bonds is 6. The van der Waals surface area contributed by atoms with E-state index in [1.165, 1.54) is 0 Å². The number of halogens is 1. The zero-order valence-electron chi connectivity index (χ0n) is 18.9. The number of hydrogen-bond acceptors (Lipinski definition) is 5. The van der Waals surface area contributed by atoms with Crippen LogP contribution in [0.2, 0.25) is 5.02 Å². The van der Waals surface area contributed by atoms with Gasteiger partial charge in [-0.25, -0.2) is 0 Å². The second-order valence-corrected chi connectivity index (χ2v) is 9.26. The normalized spacial score (nSPS) is 19.4. The maximum atomic E-state index is 13.2. The van der Waals surface area contributed by atoms with Gasteiger partial charge in [0.15, 0.2) is 11.5 Å². The van der Waals surface area contributed by atoms with Gasteiger partial charge in [0.05, 0.1) is 11.7 Å². The lowest BCUT2D eigenvalue weighted by Crippen LogP contribution is -2.46. The second-order valence-electron chi connectivity index (χ2n) is 8.82. The van der Waals surface area contributed by atoms with Crippen LogP contribution in [0.1, 0.15) is 30.1 Å². The third kappa shape index (κ3) is 5.34. The number of carbonyl (C=O) groups is 1. The number of aromatic nitrogens is 1. The zero-order valence-corrected chi connectivity index (χ0v) is 19.7. The van der Waals surface area contributed by atoms with Crippen molar-refractivity contribution in [2.24, 2.45) is 5.92 Å². The molecule has 0 bridgehead atoms. The molecule has 3 heterocycles. The Bertz CT molecular complexity index is 1100. The molecule has 2 aliphatic heterocycles. The van der Waals surface area contributed by atoms with Crippen LogP contribution >= 0.6 is 11.6 Å². The Balaban J connectivity index is 1.17. The number of nitrogens with zero attached hydrogens (tertiary/aromatic N) is 2. The molecule has 1 amide bonds. The summed E-state index contributed by atoms with van der Waals surface area (Å²) >= 11 is 6.07. The highest BCUT2D eigenvalue weighted by Gasteiger charge is 2.30. The molecule has 1 aromatic heterocycles. The lowest BCUT2D eigenvalue weighted by Gasteiger charge is -2.35. The Labute approximate surface area is 204 Å². The van der Waals surface area contributed by atoms with Gasteiger partial charge < -0.3 is 14.8 Å². The molecule has 2 atom stereocenters. The minimum absolute atomic E-state index is 0.00119. The SMILES string of the molecule is O=C(NC(c1ccc(Cl)cc1)c1ccccn1)C1CCN(CC2COc3ccccc3O2)CC1. The predicted octanol–water partition coefficient (Wildman–Crippen LogP) is 4.49. The maximum absolute atomic E-state index is 13.2. The van der Waals surface area contributed by atoms with Crippen LogP contribution in [-0.4, -0.2) is 48.1 Å². The van der Waals surface area contributed by atoms with Gasteiger partial charge in [0.25, 0.3) is 0 Å². The molecule has 1 N–H and O–H groups in total. The number of hydrogen-bond donors (Lipinski definition) is 1. The van der Waals surface area contributed by atoms with Crippen LogP contribution in [0.4, 0.5) is 0 Å². The molecule has 3 aromatic rings. The summed E-state index contributed by atoms with van der Waals surface area (Å²) in [6.07, 6.45) is 3.37. The van der Waals surface area contributed by atoms with Crippen molar-refractivity contribution in [3.8, 4) is 11.5 Å². The first-order chi connectivity index (χ1) is 16.7. The molecule has 6 nitrogen and oxygen atoms in total. The summed E-state index contributed by atoms with van der Waals surface area (Å²) in [6, 6.07) is 20.8. The van der Waals surface area contributed by atoms with Crippen molar-refractivity contribution < 1.29 is 14.3 Å². The quantitative estimate of drug-likeness (QED) is 0.566. The zero-order chi connectivity index (χ0) is 23.3. The number of likely N-dealkylation sites (tertiary alicyclic amines) is 1. The summed E-state index contributed by atoms with van der Waals surface area (Å²) in [5.74, 6) is 1.64. The minimum Gasteiger partial charge on any atom is -0.486 e. The number of ether oxygens (including phenoxy) is 2. The number of pyridine rings is 1. The van der Waals surface area contributed by atoms with Crippen LogP contribution in [0.25, 0.3) is 0 Å². The first kappa shape index (κ1) is 22.7. The molecule has 1 fully saturated rings. The van der Waals surface area contributed by atoms with Gasteiger partial charge in [-0.1, -0.05) is 41.9 Å². The Hall–Kier alpha value is -3.09. The van der Waals surface area contributed by atoms with Crippen molar-refractivity contribution in [2.45, 2.75) is 25.0 Å². The lowest BCUT2D eigenvalue weighted by molar-refractivity contribution is -0.127. The number of piperidine rings is 1. The molecule has 0 saturated carbocycles. The maximum Gasteiger partial charge on any atom is 0.224 e. The van der Waals surface area contributed by atoms with Crippen LogP contribution in [0, 0.1) is 5.92 Å². The van der Waals surface area contributed by atoms with E-state index >= 15 is 0 Å². The Morgan fingerprint density at radius 3 is 2.50 bits per heavy atom. The number of para-hydroxylation sites is 2. The number of amides is 1. The van der Waals surface area contributed by atoms with Gasteiger partial charge >= 0.3 is 0 Å². The van der Waals surface area contributed by atoms with E-state index in [0.717, 1.165) is 55.2 Å². The Kier molecular flexibility index (Phi) is 6.97. The van der Waals surface area contributed by atoms with Gasteiger partial charge in [0.2, 0.25) is 5.91 Å². The number of fused-ring (bicyclic) bond motifs is 1. The van der Waals surface area contributed by atoms with Gasteiger partial charge in [-0.15, -0.1) is 0 Å². The monoisotopic (exact) mass is 477 g/mol. The molecule has 7 heteroatoms. The van der Waals surface area contributed by atoms with E-state index in [1.807, 2.05) is 66.7 Å². The molecule has 5 rings (SSSR count). The van der Waals surface area contributed by atoms with Crippen molar-refractivity contribution in [2.75, 3.05) is 26.2 Å². The molecular formula is C27H28ClN3O3. The van der Waals surface area contributed by atoms with E-state index < -0.39 is 0 Å². The fourth-order valence-electron chi connectivity index (χ4n) is 4.61. The van der Waals surface area contributed by atoms with Crippen LogP contribution in [0.3, 0.4) is 0 Å². The van der Waals surface area contributed by atoms with Crippen LogP contribution in [0.5, 0.6) is 11.5 Å². The fraction of sp³-hybridized carbons (Fsp3) is 0.333. The van der Waals surface area contributed by atoms with E-state index in [9.17, 15) is 4.79 Å². The first-order valence-electron chi connectivity index (χ1n) is 11.7. The number of nitrogens with one attached hydrogen (secondary N) is 1. The summed E-state index contributed by atoms with van der Waals surface area (Å²) in [7, 11) is 0. The Morgan fingerprint density at radius 2 is 1.76 bits per heavy atom. The highest BCUT2D eigenvalue weighted by molar-refractivity contribution is 6.30. The molecule has 2 aromatic carbocycles. The number of benzene rings is 2. The van der Waals surface area contributed by atoms with Gasteiger partial charge in [-0.3, -0.25) is 14.7 Å². The van der Waals surface area contributed by atoms with E-state index in [4.69, 9.17) is 21.1 Å². The van der Waals surface area contributed by atoms with Crippen molar-refractivity contribution in [1.29, 1.82) is 0 Å². The second kappa shape index (κ2) is 10.5. The van der Waals surface area contributed by atoms with Crippen LogP contribution in [-0.2, 0) is 4.79 Å². The highest BCUT2D eigenvalue weighted by Crippen LogP contribution is 2.31. The summed E-state index contributed by atoms with van der Waals surface area (Å²) in [5, 5.41) is 3.90. The molecule has 1 saturated heterocycles. The van der Waals surface area contributed by atoms with E-state index in [0.29, 0.717) is 11.6 Å². The third-order valence-corrected chi connectivity index (χ3v) is 6.71. The van der Waals surface area contributed by atoms with Crippen molar-refractivity contribution in [3.63, 3.8) is 0 Å². The van der Waals surface area contributed by atoms with Gasteiger partial charge in [-0.2, -0.15) is 0 Å². The standard InChI is InChI=1S/C27H28ClN3O3/c28-21-10-8-19(9-11-21)26(23-5-3-4-14-29-23)30-27(32)20-12-15-31(16-13-20)17-22-18-33-24-6-1-2-7-25(24)34-22/h1-11,14,20,22,26H,12-13,15-18H2,(H,30,32). The molecule has 2 unspecified atom stereocenters. The fourth-order valence-corrected chi connectivity index (χ4v) is 4.73. The van der Waals surface area contributed by atoms with Crippen molar-refractivity contribution in [1.82, 2.24) is 15.2 Å². The highest BCUT2D eigenvalue weighted by atomic mass is 35.5. The molecule has 0 spiro atoms. The van der Waals surface area contributed by atoms with Crippen LogP contribution < -0.4 is 14.8 Å². The molecule has 34 heavy (non-hydrogen) atoms. The van der Waals surface area contributed by atoms with Crippen molar-refractivity contribution >= 4 is 17.5 Å². The third-order valence-electron chi connectivity index (χ3n) is 6.46. The van der Waals surface area contributed by atoms with E-state index in [-0.39, 0.29) is 24.0 Å². The minimum atomic E-state index is -0.308. The summed E-state index contributed by atoms with van der Waals surface area (Å²) < 4.78 is 11.9. The van der Waals surface area contributed by atoms with E-state index in [1.54, 1.807) is 6.20 Å². The number of carbonyl (C=O) groups excluding carboxylic acids is 1.